The summed E-state index contributed by atoms with van der Waals surface area (Å²) in [5.41, 5.74) is 0. The van der Waals surface area contributed by atoms with Gasteiger partial charge >= 0.3 is 5.97 Å². The summed E-state index contributed by atoms with van der Waals surface area (Å²) in [6.07, 6.45) is 2.41. The van der Waals surface area contributed by atoms with E-state index in [2.05, 4.69) is 4.74 Å². The van der Waals surface area contributed by atoms with Crippen LogP contribution in [0.5, 0.6) is 0 Å². The number of carbonyl (C=O) groups is 1. The first-order chi connectivity index (χ1) is 6.13. The molecular weight excluding hydrogens is 188 g/mol. The third kappa shape index (κ3) is 3.89. The normalized spacial score (nSPS) is 20.8. The lowest BCUT2D eigenvalue weighted by atomic mass is 10.2. The number of hydrogen-bond acceptors (Lipinski definition) is 3. The molecule has 0 spiro atoms. The zero-order valence-corrected chi connectivity index (χ0v) is 8.93. The Bertz CT molecular complexity index is 211. The van der Waals surface area contributed by atoms with Crippen LogP contribution in [-0.4, -0.2) is 28.8 Å². The number of esters is 1. The number of hydrogen-bond donors (Lipinski definition) is 0. The van der Waals surface area contributed by atoms with Crippen molar-refractivity contribution in [1.82, 2.24) is 0 Å². The van der Waals surface area contributed by atoms with Crippen molar-refractivity contribution in [2.24, 2.45) is 11.8 Å². The van der Waals surface area contributed by atoms with Crippen molar-refractivity contribution < 1.29 is 13.7 Å². The van der Waals surface area contributed by atoms with Crippen LogP contribution in [0.4, 0.5) is 0 Å². The van der Waals surface area contributed by atoms with Crippen LogP contribution in [0.2, 0.25) is 0 Å². The monoisotopic (exact) mass is 204 g/mol. The van der Waals surface area contributed by atoms with E-state index in [-0.39, 0.29) is 11.9 Å². The average Bonchev–Trinajstić information content (AvgIpc) is 2.86. The average molecular weight is 204 g/mol. The van der Waals surface area contributed by atoms with Crippen molar-refractivity contribution in [3.63, 3.8) is 0 Å². The van der Waals surface area contributed by atoms with Crippen molar-refractivity contribution >= 4 is 16.8 Å². The molecule has 1 rings (SSSR count). The van der Waals surface area contributed by atoms with Gasteiger partial charge in [-0.15, -0.1) is 0 Å². The SMILES string of the molecule is COC(=O)C(C)CS(=O)CC1CC1. The minimum absolute atomic E-state index is 0.232. The van der Waals surface area contributed by atoms with E-state index in [0.29, 0.717) is 11.7 Å². The predicted molar refractivity (Wildman–Crippen MR) is 51.8 cm³/mol. The molecule has 0 radical (unpaired) electrons. The van der Waals surface area contributed by atoms with Gasteiger partial charge in [0.2, 0.25) is 0 Å². The van der Waals surface area contributed by atoms with Gasteiger partial charge in [-0.2, -0.15) is 0 Å². The maximum Gasteiger partial charge on any atom is 0.309 e. The summed E-state index contributed by atoms with van der Waals surface area (Å²) in [4.78, 5) is 11.0. The summed E-state index contributed by atoms with van der Waals surface area (Å²) >= 11 is 0. The molecule has 0 aliphatic heterocycles. The van der Waals surface area contributed by atoms with E-state index in [9.17, 15) is 9.00 Å². The van der Waals surface area contributed by atoms with E-state index >= 15 is 0 Å². The van der Waals surface area contributed by atoms with Crippen LogP contribution < -0.4 is 0 Å². The van der Waals surface area contributed by atoms with Crippen LogP contribution in [0.1, 0.15) is 19.8 Å². The first kappa shape index (κ1) is 10.7. The van der Waals surface area contributed by atoms with Crippen molar-refractivity contribution in [1.29, 1.82) is 0 Å². The number of carbonyl (C=O) groups excluding carboxylic acids is 1. The third-order valence-electron chi connectivity index (χ3n) is 2.16. The lowest BCUT2D eigenvalue weighted by Gasteiger charge is -2.07. The summed E-state index contributed by atoms with van der Waals surface area (Å²) in [5, 5.41) is 0. The predicted octanol–water partition coefficient (Wildman–Crippen LogP) is 0.954. The second-order valence-corrected chi connectivity index (χ2v) is 5.19. The maximum atomic E-state index is 11.4. The first-order valence-corrected chi connectivity index (χ1v) is 6.05. The molecule has 0 aromatic rings. The Morgan fingerprint density at radius 1 is 1.62 bits per heavy atom. The van der Waals surface area contributed by atoms with Gasteiger partial charge in [-0.25, -0.2) is 0 Å². The molecule has 1 saturated carbocycles. The van der Waals surface area contributed by atoms with Gasteiger partial charge in [-0.1, -0.05) is 6.92 Å². The largest absolute Gasteiger partial charge is 0.469 e. The van der Waals surface area contributed by atoms with Crippen molar-refractivity contribution in [2.75, 3.05) is 18.6 Å². The molecule has 3 nitrogen and oxygen atoms in total. The Labute approximate surface area is 81.3 Å². The summed E-state index contributed by atoms with van der Waals surface area (Å²) in [5.74, 6) is 1.38. The molecule has 0 amide bonds. The summed E-state index contributed by atoms with van der Waals surface area (Å²) in [7, 11) is 0.523. The molecule has 1 fully saturated rings. The molecule has 2 unspecified atom stereocenters. The zero-order chi connectivity index (χ0) is 9.84. The minimum Gasteiger partial charge on any atom is -0.469 e. The van der Waals surface area contributed by atoms with Gasteiger partial charge in [0.1, 0.15) is 0 Å². The summed E-state index contributed by atoms with van der Waals surface area (Å²) in [6, 6.07) is 0. The zero-order valence-electron chi connectivity index (χ0n) is 8.12. The quantitative estimate of drug-likeness (QED) is 0.626. The second-order valence-electron chi connectivity index (χ2n) is 3.64. The van der Waals surface area contributed by atoms with E-state index < -0.39 is 10.8 Å². The highest BCUT2D eigenvalue weighted by molar-refractivity contribution is 7.85. The standard InChI is InChI=1S/C9H16O3S/c1-7(9(10)12-2)5-13(11)6-8-3-4-8/h7-8H,3-6H2,1-2H3. The summed E-state index contributed by atoms with van der Waals surface area (Å²) in [6.45, 7) is 1.76. The number of rotatable bonds is 5. The van der Waals surface area contributed by atoms with Crippen LogP contribution >= 0.6 is 0 Å². The van der Waals surface area contributed by atoms with Gasteiger partial charge in [-0.3, -0.25) is 9.00 Å². The lowest BCUT2D eigenvalue weighted by Crippen LogP contribution is -2.20. The summed E-state index contributed by atoms with van der Waals surface area (Å²) < 4.78 is 16.0. The topological polar surface area (TPSA) is 43.4 Å². The highest BCUT2D eigenvalue weighted by atomic mass is 32.2. The van der Waals surface area contributed by atoms with Crippen LogP contribution in [0.3, 0.4) is 0 Å². The van der Waals surface area contributed by atoms with E-state index in [4.69, 9.17) is 0 Å². The molecule has 0 N–H and O–H groups in total. The molecular formula is C9H16O3S. The van der Waals surface area contributed by atoms with Gasteiger partial charge in [0.05, 0.1) is 13.0 Å². The lowest BCUT2D eigenvalue weighted by molar-refractivity contribution is -0.144. The van der Waals surface area contributed by atoms with Crippen molar-refractivity contribution in [2.45, 2.75) is 19.8 Å². The Morgan fingerprint density at radius 2 is 2.23 bits per heavy atom. The first-order valence-electron chi connectivity index (χ1n) is 4.56. The van der Waals surface area contributed by atoms with Crippen LogP contribution in [0.25, 0.3) is 0 Å². The Balaban J connectivity index is 2.21. The minimum atomic E-state index is -0.841. The van der Waals surface area contributed by atoms with Crippen LogP contribution in [-0.2, 0) is 20.3 Å². The van der Waals surface area contributed by atoms with Gasteiger partial charge < -0.3 is 4.74 Å². The smallest absolute Gasteiger partial charge is 0.309 e. The highest BCUT2D eigenvalue weighted by Gasteiger charge is 2.25. The number of ether oxygens (including phenoxy) is 1. The maximum absolute atomic E-state index is 11.4. The molecule has 0 bridgehead atoms. The molecule has 4 heteroatoms. The fraction of sp³-hybridized carbons (Fsp3) is 0.889. The molecule has 1 aliphatic carbocycles. The molecule has 0 aromatic carbocycles. The molecule has 13 heavy (non-hydrogen) atoms. The number of methoxy groups -OCH3 is 1. The molecule has 1 aliphatic rings. The van der Waals surface area contributed by atoms with Gasteiger partial charge in [0, 0.05) is 22.3 Å². The fourth-order valence-corrected chi connectivity index (χ4v) is 2.85. The molecule has 76 valence electrons. The molecule has 0 heterocycles. The van der Waals surface area contributed by atoms with Crippen molar-refractivity contribution in [3.8, 4) is 0 Å². The highest BCUT2D eigenvalue weighted by Crippen LogP contribution is 2.29. The molecule has 0 saturated heterocycles. The van der Waals surface area contributed by atoms with E-state index in [0.717, 1.165) is 5.75 Å². The molecule has 2 atom stereocenters. The van der Waals surface area contributed by atoms with E-state index in [1.807, 2.05) is 0 Å². The second kappa shape index (κ2) is 4.74. The molecule has 0 aromatic heterocycles. The Hall–Kier alpha value is -0.380. The fourth-order valence-electron chi connectivity index (χ4n) is 1.16. The third-order valence-corrected chi connectivity index (χ3v) is 3.87. The van der Waals surface area contributed by atoms with Gasteiger partial charge in [0.15, 0.2) is 0 Å². The Morgan fingerprint density at radius 3 is 2.69 bits per heavy atom. The van der Waals surface area contributed by atoms with E-state index in [1.54, 1.807) is 6.92 Å². The van der Waals surface area contributed by atoms with Gasteiger partial charge in [0.25, 0.3) is 0 Å². The van der Waals surface area contributed by atoms with Crippen LogP contribution in [0.15, 0.2) is 0 Å². The van der Waals surface area contributed by atoms with E-state index in [1.165, 1.54) is 20.0 Å². The Kier molecular flexibility index (Phi) is 3.90. The van der Waals surface area contributed by atoms with Crippen molar-refractivity contribution in [3.05, 3.63) is 0 Å². The van der Waals surface area contributed by atoms with Crippen LogP contribution in [0, 0.1) is 11.8 Å². The van der Waals surface area contributed by atoms with Gasteiger partial charge in [-0.05, 0) is 18.8 Å².